The van der Waals surface area contributed by atoms with Crippen molar-refractivity contribution in [1.82, 2.24) is 9.80 Å². The topological polar surface area (TPSA) is 43.8 Å². The molecule has 1 fully saturated rings. The van der Waals surface area contributed by atoms with E-state index in [2.05, 4.69) is 11.8 Å². The maximum absolute atomic E-state index is 11.9. The molecule has 1 heterocycles. The van der Waals surface area contributed by atoms with Crippen LogP contribution in [-0.2, 0) is 4.79 Å². The van der Waals surface area contributed by atoms with Crippen LogP contribution in [0.5, 0.6) is 0 Å². The minimum atomic E-state index is 0.206. The van der Waals surface area contributed by atoms with Gasteiger partial charge >= 0.3 is 0 Å². The first-order valence-electron chi connectivity index (χ1n) is 6.74. The SMILES string of the molecule is CCCCN(C)C(=O)CN1CCC[C@H](CO)C1. The fourth-order valence-electron chi connectivity index (χ4n) is 2.28. The van der Waals surface area contributed by atoms with Gasteiger partial charge in [-0.25, -0.2) is 0 Å². The van der Waals surface area contributed by atoms with Gasteiger partial charge in [-0.15, -0.1) is 0 Å². The van der Waals surface area contributed by atoms with E-state index in [1.807, 2.05) is 11.9 Å². The van der Waals surface area contributed by atoms with Gasteiger partial charge in [0.1, 0.15) is 0 Å². The van der Waals surface area contributed by atoms with E-state index in [0.29, 0.717) is 12.5 Å². The van der Waals surface area contributed by atoms with Crippen LogP contribution in [0, 0.1) is 5.92 Å². The molecular weight excluding hydrogens is 216 g/mol. The third-order valence-electron chi connectivity index (χ3n) is 3.49. The molecule has 1 rings (SSSR count). The summed E-state index contributed by atoms with van der Waals surface area (Å²) < 4.78 is 0. The predicted octanol–water partition coefficient (Wildman–Crippen LogP) is 0.949. The summed E-state index contributed by atoms with van der Waals surface area (Å²) >= 11 is 0. The molecule has 0 aromatic carbocycles. The zero-order chi connectivity index (χ0) is 12.7. The van der Waals surface area contributed by atoms with E-state index in [0.717, 1.165) is 45.3 Å². The van der Waals surface area contributed by atoms with E-state index in [1.165, 1.54) is 0 Å². The Balaban J connectivity index is 2.29. The fraction of sp³-hybridized carbons (Fsp3) is 0.923. The van der Waals surface area contributed by atoms with Crippen LogP contribution >= 0.6 is 0 Å². The number of likely N-dealkylation sites (N-methyl/N-ethyl adjacent to an activating group) is 1. The van der Waals surface area contributed by atoms with Gasteiger partial charge in [-0.3, -0.25) is 9.69 Å². The van der Waals surface area contributed by atoms with Gasteiger partial charge in [0.05, 0.1) is 6.54 Å². The highest BCUT2D eigenvalue weighted by Gasteiger charge is 2.21. The van der Waals surface area contributed by atoms with Gasteiger partial charge in [-0.2, -0.15) is 0 Å². The maximum Gasteiger partial charge on any atom is 0.236 e. The fourth-order valence-corrected chi connectivity index (χ4v) is 2.28. The van der Waals surface area contributed by atoms with Crippen LogP contribution in [-0.4, -0.2) is 60.6 Å². The molecule has 0 unspecified atom stereocenters. The van der Waals surface area contributed by atoms with Gasteiger partial charge in [0.15, 0.2) is 0 Å². The number of aliphatic hydroxyl groups is 1. The highest BCUT2D eigenvalue weighted by atomic mass is 16.3. The first-order valence-corrected chi connectivity index (χ1v) is 6.74. The second kappa shape index (κ2) is 7.67. The van der Waals surface area contributed by atoms with Crippen molar-refractivity contribution in [3.8, 4) is 0 Å². The summed E-state index contributed by atoms with van der Waals surface area (Å²) in [5, 5.41) is 9.15. The lowest BCUT2D eigenvalue weighted by Gasteiger charge is -2.32. The standard InChI is InChI=1S/C13H26N2O2/c1-3-4-7-14(2)13(17)10-15-8-5-6-12(9-15)11-16/h12,16H,3-11H2,1-2H3/t12-/m0/s1. The number of nitrogens with zero attached hydrogens (tertiary/aromatic N) is 2. The number of unbranched alkanes of at least 4 members (excludes halogenated alkanes) is 1. The highest BCUT2D eigenvalue weighted by molar-refractivity contribution is 5.77. The van der Waals surface area contributed by atoms with Gasteiger partial charge in [-0.05, 0) is 31.7 Å². The average molecular weight is 242 g/mol. The summed E-state index contributed by atoms with van der Waals surface area (Å²) in [6.45, 7) is 5.60. The Morgan fingerprint density at radius 2 is 2.29 bits per heavy atom. The Morgan fingerprint density at radius 1 is 1.53 bits per heavy atom. The zero-order valence-electron chi connectivity index (χ0n) is 11.2. The molecular formula is C13H26N2O2. The molecule has 0 saturated carbocycles. The van der Waals surface area contributed by atoms with E-state index >= 15 is 0 Å². The van der Waals surface area contributed by atoms with Gasteiger partial charge < -0.3 is 10.0 Å². The molecule has 1 aliphatic rings. The van der Waals surface area contributed by atoms with Gasteiger partial charge in [0.2, 0.25) is 5.91 Å². The van der Waals surface area contributed by atoms with Crippen molar-refractivity contribution < 1.29 is 9.90 Å². The van der Waals surface area contributed by atoms with Crippen LogP contribution in [0.15, 0.2) is 0 Å². The van der Waals surface area contributed by atoms with Crippen molar-refractivity contribution in [1.29, 1.82) is 0 Å². The molecule has 4 heteroatoms. The van der Waals surface area contributed by atoms with Crippen LogP contribution in [0.3, 0.4) is 0 Å². The monoisotopic (exact) mass is 242 g/mol. The Hall–Kier alpha value is -0.610. The molecule has 17 heavy (non-hydrogen) atoms. The highest BCUT2D eigenvalue weighted by Crippen LogP contribution is 2.15. The number of piperidine rings is 1. The van der Waals surface area contributed by atoms with Gasteiger partial charge in [0.25, 0.3) is 0 Å². The summed E-state index contributed by atoms with van der Waals surface area (Å²) in [6, 6.07) is 0. The zero-order valence-corrected chi connectivity index (χ0v) is 11.2. The normalized spacial score (nSPS) is 21.5. The molecule has 0 aromatic heterocycles. The molecule has 0 radical (unpaired) electrons. The molecule has 1 saturated heterocycles. The molecule has 1 aliphatic heterocycles. The van der Waals surface area contributed by atoms with Crippen molar-refractivity contribution >= 4 is 5.91 Å². The third-order valence-corrected chi connectivity index (χ3v) is 3.49. The summed E-state index contributed by atoms with van der Waals surface area (Å²) in [5.74, 6) is 0.564. The molecule has 0 aliphatic carbocycles. The summed E-state index contributed by atoms with van der Waals surface area (Å²) in [4.78, 5) is 15.9. The molecule has 0 spiro atoms. The number of rotatable bonds is 6. The minimum absolute atomic E-state index is 0.206. The third kappa shape index (κ3) is 5.04. The van der Waals surface area contributed by atoms with E-state index in [-0.39, 0.29) is 12.5 Å². The first kappa shape index (κ1) is 14.5. The summed E-state index contributed by atoms with van der Waals surface area (Å²) in [6.07, 6.45) is 4.37. The largest absolute Gasteiger partial charge is 0.396 e. The minimum Gasteiger partial charge on any atom is -0.396 e. The molecule has 0 bridgehead atoms. The second-order valence-corrected chi connectivity index (χ2v) is 5.09. The Labute approximate surface area is 105 Å². The summed E-state index contributed by atoms with van der Waals surface area (Å²) in [5.41, 5.74) is 0. The molecule has 1 atom stereocenters. The number of hydrogen-bond acceptors (Lipinski definition) is 3. The molecule has 1 amide bonds. The van der Waals surface area contributed by atoms with Crippen molar-refractivity contribution in [2.45, 2.75) is 32.6 Å². The molecule has 100 valence electrons. The Kier molecular flexibility index (Phi) is 6.52. The van der Waals surface area contributed by atoms with E-state index in [4.69, 9.17) is 5.11 Å². The second-order valence-electron chi connectivity index (χ2n) is 5.09. The van der Waals surface area contributed by atoms with Crippen LogP contribution < -0.4 is 0 Å². The number of aliphatic hydroxyl groups excluding tert-OH is 1. The van der Waals surface area contributed by atoms with Gasteiger partial charge in [-0.1, -0.05) is 13.3 Å². The Bertz CT molecular complexity index is 233. The van der Waals surface area contributed by atoms with E-state index < -0.39 is 0 Å². The van der Waals surface area contributed by atoms with Gasteiger partial charge in [0, 0.05) is 26.7 Å². The van der Waals surface area contributed by atoms with Crippen LogP contribution in [0.25, 0.3) is 0 Å². The van der Waals surface area contributed by atoms with Crippen molar-refractivity contribution in [3.63, 3.8) is 0 Å². The number of amides is 1. The Morgan fingerprint density at radius 3 is 2.94 bits per heavy atom. The summed E-state index contributed by atoms with van der Waals surface area (Å²) in [7, 11) is 1.88. The van der Waals surface area contributed by atoms with Crippen LogP contribution in [0.2, 0.25) is 0 Å². The smallest absolute Gasteiger partial charge is 0.236 e. The van der Waals surface area contributed by atoms with Crippen LogP contribution in [0.1, 0.15) is 32.6 Å². The lowest BCUT2D eigenvalue weighted by Crippen LogP contribution is -2.44. The van der Waals surface area contributed by atoms with E-state index in [1.54, 1.807) is 0 Å². The molecule has 4 nitrogen and oxygen atoms in total. The number of carbonyl (C=O) groups excluding carboxylic acids is 1. The number of carbonyl (C=O) groups is 1. The number of hydrogen-bond donors (Lipinski definition) is 1. The quantitative estimate of drug-likeness (QED) is 0.754. The lowest BCUT2D eigenvalue weighted by atomic mass is 9.99. The van der Waals surface area contributed by atoms with Crippen molar-refractivity contribution in [3.05, 3.63) is 0 Å². The lowest BCUT2D eigenvalue weighted by molar-refractivity contribution is -0.131. The first-order chi connectivity index (χ1) is 8.17. The van der Waals surface area contributed by atoms with E-state index in [9.17, 15) is 4.79 Å². The van der Waals surface area contributed by atoms with Crippen LogP contribution in [0.4, 0.5) is 0 Å². The maximum atomic E-state index is 11.9. The average Bonchev–Trinajstić information content (AvgIpc) is 2.36. The van der Waals surface area contributed by atoms with Crippen molar-refractivity contribution in [2.24, 2.45) is 5.92 Å². The molecule has 0 aromatic rings. The van der Waals surface area contributed by atoms with Crippen molar-refractivity contribution in [2.75, 3.05) is 39.8 Å². The number of likely N-dealkylation sites (tertiary alicyclic amines) is 1. The predicted molar refractivity (Wildman–Crippen MR) is 68.8 cm³/mol. The molecule has 1 N–H and O–H groups in total.